The monoisotopic (exact) mass is 576 g/mol. The van der Waals surface area contributed by atoms with Crippen LogP contribution in [0.4, 0.5) is 4.39 Å². The number of aromatic nitrogens is 4. The number of halogens is 1. The molecule has 1 aliphatic heterocycles. The Morgan fingerprint density at radius 2 is 1.91 bits per heavy atom. The van der Waals surface area contributed by atoms with Crippen molar-refractivity contribution in [3.05, 3.63) is 108 Å². The van der Waals surface area contributed by atoms with E-state index in [1.165, 1.54) is 12.1 Å². The fraction of sp³-hybridized carbons (Fsp3) is 0.242. The van der Waals surface area contributed by atoms with Crippen molar-refractivity contribution in [1.29, 1.82) is 0 Å². The Kier molecular flexibility index (Phi) is 6.50. The van der Waals surface area contributed by atoms with Crippen LogP contribution < -0.4 is 5.32 Å². The number of fused-ring (bicyclic) bond motifs is 2. The summed E-state index contributed by atoms with van der Waals surface area (Å²) in [6.45, 7) is 2.65. The first kappa shape index (κ1) is 26.9. The third-order valence-corrected chi connectivity index (χ3v) is 8.42. The Hall–Kier alpha value is -4.96. The van der Waals surface area contributed by atoms with Crippen LogP contribution in [-0.2, 0) is 14.9 Å². The molecule has 1 N–H and O–H groups in total. The fourth-order valence-electron chi connectivity index (χ4n) is 5.87. The van der Waals surface area contributed by atoms with Crippen molar-refractivity contribution in [2.45, 2.75) is 30.9 Å². The second-order valence-corrected chi connectivity index (χ2v) is 11.1. The van der Waals surface area contributed by atoms with Gasteiger partial charge in [0.05, 0.1) is 34.5 Å². The second kappa shape index (κ2) is 10.4. The predicted octanol–water partition coefficient (Wildman–Crippen LogP) is 4.31. The van der Waals surface area contributed by atoms with Crippen LogP contribution in [0.3, 0.4) is 0 Å². The zero-order chi connectivity index (χ0) is 29.7. The molecule has 0 radical (unpaired) electrons. The van der Waals surface area contributed by atoms with Gasteiger partial charge in [-0.15, -0.1) is 0 Å². The maximum absolute atomic E-state index is 15.3. The number of methoxy groups -OCH3 is 1. The van der Waals surface area contributed by atoms with E-state index in [0.29, 0.717) is 30.0 Å². The number of carbonyl (C=O) groups is 2. The lowest BCUT2D eigenvalue weighted by molar-refractivity contribution is -0.132. The number of nitrogens with one attached hydrogen (secondary N) is 1. The summed E-state index contributed by atoms with van der Waals surface area (Å²) in [7, 11) is 1.61. The van der Waals surface area contributed by atoms with Gasteiger partial charge in [0.2, 0.25) is 11.7 Å². The van der Waals surface area contributed by atoms with E-state index in [2.05, 4.69) is 44.6 Å². The van der Waals surface area contributed by atoms with E-state index in [0.717, 1.165) is 28.6 Å². The zero-order valence-corrected chi connectivity index (χ0v) is 23.7. The molecule has 43 heavy (non-hydrogen) atoms. The molecule has 216 valence electrons. The molecule has 9 nitrogen and oxygen atoms in total. The molecule has 5 aromatic rings. The first-order valence-corrected chi connectivity index (χ1v) is 14.2. The minimum absolute atomic E-state index is 0.00809. The number of pyridine rings is 1. The lowest BCUT2D eigenvalue weighted by Gasteiger charge is -2.21. The largest absolute Gasteiger partial charge is 0.380 e. The van der Waals surface area contributed by atoms with Crippen molar-refractivity contribution in [2.24, 2.45) is 0 Å². The van der Waals surface area contributed by atoms with Crippen LogP contribution >= 0.6 is 0 Å². The van der Waals surface area contributed by atoms with Crippen molar-refractivity contribution in [2.75, 3.05) is 20.2 Å². The van der Waals surface area contributed by atoms with Crippen LogP contribution in [0.15, 0.2) is 85.5 Å². The third kappa shape index (κ3) is 4.73. The number of carbonyl (C=O) groups excluding carboxylic acids is 2. The quantitative estimate of drug-likeness (QED) is 0.290. The van der Waals surface area contributed by atoms with E-state index in [4.69, 9.17) is 4.74 Å². The van der Waals surface area contributed by atoms with Gasteiger partial charge in [0, 0.05) is 49.7 Å². The molecule has 10 heteroatoms. The summed E-state index contributed by atoms with van der Waals surface area (Å²) in [5.74, 6) is -1.03. The molecule has 1 aliphatic carbocycles. The number of ether oxygens (including phenoxy) is 1. The maximum Gasteiger partial charge on any atom is 0.254 e. The Balaban J connectivity index is 1.13. The summed E-state index contributed by atoms with van der Waals surface area (Å²) in [6.07, 6.45) is 12.1. The van der Waals surface area contributed by atoms with E-state index >= 15 is 4.39 Å². The molecule has 0 bridgehead atoms. The van der Waals surface area contributed by atoms with Gasteiger partial charge in [-0.25, -0.2) is 14.4 Å². The summed E-state index contributed by atoms with van der Waals surface area (Å²) in [5, 5.41) is 3.69. The highest BCUT2D eigenvalue weighted by atomic mass is 19.1. The van der Waals surface area contributed by atoms with Crippen LogP contribution in [0.5, 0.6) is 0 Å². The molecule has 2 aliphatic rings. The van der Waals surface area contributed by atoms with Gasteiger partial charge in [0.25, 0.3) is 5.91 Å². The Bertz CT molecular complexity index is 1930. The Morgan fingerprint density at radius 1 is 1.07 bits per heavy atom. The topological polar surface area (TPSA) is 102 Å². The molecule has 3 aromatic heterocycles. The second-order valence-electron chi connectivity index (χ2n) is 11.1. The van der Waals surface area contributed by atoms with E-state index in [-0.39, 0.29) is 17.6 Å². The van der Waals surface area contributed by atoms with Gasteiger partial charge in [-0.2, -0.15) is 0 Å². The number of imidazole rings is 1. The van der Waals surface area contributed by atoms with Crippen molar-refractivity contribution in [3.8, 4) is 11.1 Å². The van der Waals surface area contributed by atoms with Crippen LogP contribution in [0.1, 0.15) is 35.0 Å². The van der Waals surface area contributed by atoms with Crippen LogP contribution in [-0.4, -0.2) is 68.4 Å². The van der Waals surface area contributed by atoms with E-state index in [1.807, 2.05) is 35.0 Å². The number of hydrogen-bond acceptors (Lipinski definition) is 6. The van der Waals surface area contributed by atoms with E-state index < -0.39 is 23.2 Å². The molecular weight excluding hydrogens is 547 g/mol. The maximum atomic E-state index is 15.3. The first-order valence-electron chi connectivity index (χ1n) is 14.2. The molecule has 2 aromatic carbocycles. The highest BCUT2D eigenvalue weighted by Crippen LogP contribution is 2.45. The van der Waals surface area contributed by atoms with Crippen molar-refractivity contribution >= 4 is 28.5 Å². The normalized spacial score (nSPS) is 17.8. The highest BCUT2D eigenvalue weighted by Gasteiger charge is 2.41. The Morgan fingerprint density at radius 3 is 2.67 bits per heavy atom. The van der Waals surface area contributed by atoms with Gasteiger partial charge >= 0.3 is 0 Å². The van der Waals surface area contributed by atoms with Gasteiger partial charge in [0.1, 0.15) is 11.9 Å². The first-order chi connectivity index (χ1) is 20.9. The van der Waals surface area contributed by atoms with Crippen LogP contribution in [0.25, 0.3) is 27.8 Å². The number of allylic oxidation sites excluding steroid dienone is 2. The molecule has 1 saturated heterocycles. The SMILES string of the molecule is CO[C@@H]1CCN(C(=O)C(C)NC(=O)c2ccc(-c3cnc4ncc(C5(c6ccc7ncccc7c6)C=C5)n4c3)cc2F)C1. The Labute approximate surface area is 247 Å². The molecule has 7 rings (SSSR count). The van der Waals surface area contributed by atoms with Gasteiger partial charge in [-0.1, -0.05) is 30.4 Å². The number of likely N-dealkylation sites (tertiary alicyclic amines) is 1. The lowest BCUT2D eigenvalue weighted by atomic mass is 9.89. The van der Waals surface area contributed by atoms with Crippen LogP contribution in [0.2, 0.25) is 0 Å². The van der Waals surface area contributed by atoms with Gasteiger partial charge in [-0.05, 0) is 54.8 Å². The molecular formula is C33H29FN6O3. The molecule has 1 unspecified atom stereocenters. The summed E-state index contributed by atoms with van der Waals surface area (Å²) in [5.41, 5.74) is 3.61. The fourth-order valence-corrected chi connectivity index (χ4v) is 5.87. The minimum atomic E-state index is -0.796. The average Bonchev–Trinajstić information content (AvgIpc) is 3.48. The average molecular weight is 577 g/mol. The van der Waals surface area contributed by atoms with Crippen molar-refractivity contribution in [1.82, 2.24) is 29.6 Å². The number of amides is 2. The molecule has 4 heterocycles. The van der Waals surface area contributed by atoms with Gasteiger partial charge < -0.3 is 15.0 Å². The van der Waals surface area contributed by atoms with Crippen molar-refractivity contribution in [3.63, 3.8) is 0 Å². The smallest absolute Gasteiger partial charge is 0.254 e. The summed E-state index contributed by atoms with van der Waals surface area (Å²) >= 11 is 0. The van der Waals surface area contributed by atoms with E-state index in [9.17, 15) is 9.59 Å². The predicted molar refractivity (Wildman–Crippen MR) is 159 cm³/mol. The number of hydrogen-bond donors (Lipinski definition) is 1. The zero-order valence-electron chi connectivity index (χ0n) is 23.7. The van der Waals surface area contributed by atoms with Crippen molar-refractivity contribution < 1.29 is 18.7 Å². The number of benzene rings is 2. The molecule has 2 atom stereocenters. The summed E-state index contributed by atoms with van der Waals surface area (Å²) in [6, 6.07) is 13.8. The molecule has 2 amide bonds. The number of nitrogens with zero attached hydrogens (tertiary/aromatic N) is 5. The third-order valence-electron chi connectivity index (χ3n) is 8.42. The standard InChI is InChI=1S/C33H29FN6O3/c1-20(31(42)39-13-9-25(19-39)43-2)38-30(41)26-7-5-21(15-27(26)34)23-16-36-32-37-17-29(40(32)18-23)33(10-11-33)24-6-8-28-22(14-24)4-3-12-35-28/h3-8,10-12,14-18,20,25H,9,13,19H2,1-2H3,(H,38,41)/t20?,25-/m1/s1. The molecule has 0 spiro atoms. The number of rotatable bonds is 7. The molecule has 1 fully saturated rings. The highest BCUT2D eigenvalue weighted by molar-refractivity contribution is 5.98. The van der Waals surface area contributed by atoms with Gasteiger partial charge in [0.15, 0.2) is 0 Å². The summed E-state index contributed by atoms with van der Waals surface area (Å²) < 4.78 is 22.5. The summed E-state index contributed by atoms with van der Waals surface area (Å²) in [4.78, 5) is 40.8. The lowest BCUT2D eigenvalue weighted by Crippen LogP contribution is -2.46. The van der Waals surface area contributed by atoms with Gasteiger partial charge in [-0.3, -0.25) is 19.0 Å². The van der Waals surface area contributed by atoms with E-state index in [1.54, 1.807) is 37.4 Å². The minimum Gasteiger partial charge on any atom is -0.380 e. The molecule has 0 saturated carbocycles. The van der Waals surface area contributed by atoms with Crippen LogP contribution in [0, 0.1) is 5.82 Å².